The van der Waals surface area contributed by atoms with E-state index in [0.717, 1.165) is 5.56 Å². The van der Waals surface area contributed by atoms with Crippen molar-refractivity contribution >= 4 is 34.7 Å². The van der Waals surface area contributed by atoms with E-state index in [0.29, 0.717) is 23.7 Å². The zero-order chi connectivity index (χ0) is 22.4. The monoisotopic (exact) mass is 441 g/mol. The molecule has 0 fully saturated rings. The summed E-state index contributed by atoms with van der Waals surface area (Å²) in [5.74, 6) is -0.305. The van der Waals surface area contributed by atoms with Crippen molar-refractivity contribution in [2.24, 2.45) is 0 Å². The molecule has 4 N–H and O–H groups in total. The summed E-state index contributed by atoms with van der Waals surface area (Å²) in [6, 6.07) is 16.0. The van der Waals surface area contributed by atoms with Gasteiger partial charge in [0.25, 0.3) is 5.56 Å². The lowest BCUT2D eigenvalue weighted by atomic mass is 10.2. The number of anilines is 3. The van der Waals surface area contributed by atoms with Crippen LogP contribution in [0.25, 0.3) is 0 Å². The van der Waals surface area contributed by atoms with Crippen LogP contribution in [-0.4, -0.2) is 28.5 Å². The Hall–Kier alpha value is -3.52. The van der Waals surface area contributed by atoms with E-state index in [4.69, 9.17) is 17.3 Å². The summed E-state index contributed by atoms with van der Waals surface area (Å²) in [6.07, 6.45) is 0.672. The van der Waals surface area contributed by atoms with Gasteiger partial charge in [-0.1, -0.05) is 48.9 Å². The summed E-state index contributed by atoms with van der Waals surface area (Å²) in [6.45, 7) is 2.43. The van der Waals surface area contributed by atoms with Crippen LogP contribution in [0.5, 0.6) is 0 Å². The summed E-state index contributed by atoms with van der Waals surface area (Å²) in [5, 5.41) is 3.33. The Labute approximate surface area is 184 Å². The van der Waals surface area contributed by atoms with Crippen molar-refractivity contribution in [3.63, 3.8) is 0 Å². The Kier molecular flexibility index (Phi) is 7.15. The first-order valence-electron chi connectivity index (χ1n) is 9.86. The van der Waals surface area contributed by atoms with Gasteiger partial charge in [-0.25, -0.2) is 4.79 Å². The minimum atomic E-state index is -0.625. The van der Waals surface area contributed by atoms with E-state index in [9.17, 15) is 14.4 Å². The molecule has 2 aromatic carbocycles. The minimum Gasteiger partial charge on any atom is -0.383 e. The lowest BCUT2D eigenvalue weighted by molar-refractivity contribution is -0.115. The molecule has 0 aliphatic heterocycles. The van der Waals surface area contributed by atoms with Gasteiger partial charge in [-0.2, -0.15) is 0 Å². The predicted molar refractivity (Wildman–Crippen MR) is 124 cm³/mol. The van der Waals surface area contributed by atoms with Crippen LogP contribution in [0.3, 0.4) is 0 Å². The van der Waals surface area contributed by atoms with Gasteiger partial charge in [-0.05, 0) is 36.2 Å². The summed E-state index contributed by atoms with van der Waals surface area (Å²) < 4.78 is 1.30. The number of amides is 1. The first kappa shape index (κ1) is 22.2. The molecule has 162 valence electrons. The number of H-pyrrole nitrogens is 1. The van der Waals surface area contributed by atoms with Gasteiger partial charge in [0, 0.05) is 17.3 Å². The fourth-order valence-electron chi connectivity index (χ4n) is 3.25. The Balaban J connectivity index is 1.90. The standard InChI is InChI=1S/C22H24ClN5O3/c1-2-12-27(14-18(29)25-17-10-8-16(23)9-11-17)19-20(24)28(22(31)26-21(19)30)13-15-6-4-3-5-7-15/h3-11H,2,12-14,24H2,1H3,(H,25,29)(H,26,30,31). The lowest BCUT2D eigenvalue weighted by Gasteiger charge is -2.25. The number of nitrogen functional groups attached to an aromatic ring is 1. The SMILES string of the molecule is CCCN(CC(=O)Nc1ccc(Cl)cc1)c1c(N)n(Cc2ccccc2)c(=O)[nH]c1=O. The second kappa shape index (κ2) is 9.99. The van der Waals surface area contributed by atoms with Crippen molar-refractivity contribution in [2.75, 3.05) is 29.0 Å². The highest BCUT2D eigenvalue weighted by Crippen LogP contribution is 2.19. The van der Waals surface area contributed by atoms with Crippen LogP contribution in [-0.2, 0) is 11.3 Å². The van der Waals surface area contributed by atoms with E-state index < -0.39 is 11.2 Å². The fourth-order valence-corrected chi connectivity index (χ4v) is 3.38. The number of benzene rings is 2. The molecule has 0 atom stereocenters. The largest absolute Gasteiger partial charge is 0.383 e. The second-order valence-corrected chi connectivity index (χ2v) is 7.48. The molecule has 0 aliphatic carbocycles. The number of carbonyl (C=O) groups excluding carboxylic acids is 1. The Bertz CT molecular complexity index is 1160. The first-order chi connectivity index (χ1) is 14.9. The molecule has 1 heterocycles. The highest BCUT2D eigenvalue weighted by Gasteiger charge is 2.21. The molecule has 3 rings (SSSR count). The van der Waals surface area contributed by atoms with Gasteiger partial charge in [0.05, 0.1) is 13.1 Å². The van der Waals surface area contributed by atoms with Crippen molar-refractivity contribution in [3.8, 4) is 0 Å². The summed E-state index contributed by atoms with van der Waals surface area (Å²) >= 11 is 5.87. The number of nitrogens with zero attached hydrogens (tertiary/aromatic N) is 2. The average Bonchev–Trinajstić information content (AvgIpc) is 2.73. The minimum absolute atomic E-state index is 0.0188. The normalized spacial score (nSPS) is 10.6. The average molecular weight is 442 g/mol. The maximum Gasteiger partial charge on any atom is 0.330 e. The molecule has 0 saturated heterocycles. The third-order valence-corrected chi connectivity index (χ3v) is 4.92. The second-order valence-electron chi connectivity index (χ2n) is 7.04. The van der Waals surface area contributed by atoms with E-state index in [2.05, 4.69) is 10.3 Å². The molecule has 3 aromatic rings. The van der Waals surface area contributed by atoms with Gasteiger partial charge in [-0.15, -0.1) is 0 Å². The molecule has 0 saturated carbocycles. The van der Waals surface area contributed by atoms with Crippen LogP contribution < -0.4 is 27.2 Å². The molecule has 0 spiro atoms. The number of rotatable bonds is 8. The maximum atomic E-state index is 12.6. The van der Waals surface area contributed by atoms with E-state index >= 15 is 0 Å². The topological polar surface area (TPSA) is 113 Å². The Morgan fingerprint density at radius 3 is 2.45 bits per heavy atom. The number of halogens is 1. The molecule has 0 radical (unpaired) electrons. The highest BCUT2D eigenvalue weighted by atomic mass is 35.5. The number of aromatic amines is 1. The number of nitrogens with one attached hydrogen (secondary N) is 2. The number of hydrogen-bond acceptors (Lipinski definition) is 5. The van der Waals surface area contributed by atoms with Crippen LogP contribution in [0.4, 0.5) is 17.2 Å². The highest BCUT2D eigenvalue weighted by molar-refractivity contribution is 6.30. The molecule has 31 heavy (non-hydrogen) atoms. The van der Waals surface area contributed by atoms with Crippen LogP contribution in [0, 0.1) is 0 Å². The van der Waals surface area contributed by atoms with Crippen LogP contribution in [0.2, 0.25) is 5.02 Å². The zero-order valence-electron chi connectivity index (χ0n) is 17.1. The van der Waals surface area contributed by atoms with E-state index in [1.165, 1.54) is 4.57 Å². The number of carbonyl (C=O) groups is 1. The maximum absolute atomic E-state index is 12.6. The molecule has 8 nitrogen and oxygen atoms in total. The molecular weight excluding hydrogens is 418 g/mol. The quantitative estimate of drug-likeness (QED) is 0.497. The fraction of sp³-hybridized carbons (Fsp3) is 0.227. The summed E-state index contributed by atoms with van der Waals surface area (Å²) in [7, 11) is 0. The van der Waals surface area contributed by atoms with Gasteiger partial charge in [0.1, 0.15) is 11.5 Å². The predicted octanol–water partition coefficient (Wildman–Crippen LogP) is 2.68. The first-order valence-corrected chi connectivity index (χ1v) is 10.2. The third-order valence-electron chi connectivity index (χ3n) is 4.67. The van der Waals surface area contributed by atoms with Gasteiger partial charge in [0.2, 0.25) is 5.91 Å². The van der Waals surface area contributed by atoms with Gasteiger partial charge < -0.3 is 16.0 Å². The molecular formula is C22H24ClN5O3. The number of aromatic nitrogens is 2. The molecule has 0 unspecified atom stereocenters. The van der Waals surface area contributed by atoms with Crippen molar-refractivity contribution in [2.45, 2.75) is 19.9 Å². The molecule has 0 aliphatic rings. The molecule has 0 bridgehead atoms. The molecule has 1 amide bonds. The number of nitrogens with two attached hydrogens (primary N) is 1. The van der Waals surface area contributed by atoms with Crippen LogP contribution >= 0.6 is 11.6 Å². The summed E-state index contributed by atoms with van der Waals surface area (Å²) in [4.78, 5) is 41.5. The van der Waals surface area contributed by atoms with Crippen LogP contribution in [0.1, 0.15) is 18.9 Å². The van der Waals surface area contributed by atoms with Crippen LogP contribution in [0.15, 0.2) is 64.2 Å². The smallest absolute Gasteiger partial charge is 0.330 e. The van der Waals surface area contributed by atoms with Gasteiger partial charge in [-0.3, -0.25) is 19.1 Å². The third kappa shape index (κ3) is 5.55. The van der Waals surface area contributed by atoms with Crippen molar-refractivity contribution in [1.29, 1.82) is 0 Å². The van der Waals surface area contributed by atoms with Crippen molar-refractivity contribution in [1.82, 2.24) is 9.55 Å². The van der Waals surface area contributed by atoms with Crippen molar-refractivity contribution in [3.05, 3.63) is 86.0 Å². The van der Waals surface area contributed by atoms with E-state index in [1.54, 1.807) is 29.2 Å². The molecule has 9 heteroatoms. The van der Waals surface area contributed by atoms with Crippen molar-refractivity contribution < 1.29 is 4.79 Å². The van der Waals surface area contributed by atoms with Gasteiger partial charge in [0.15, 0.2) is 0 Å². The van der Waals surface area contributed by atoms with Gasteiger partial charge >= 0.3 is 5.69 Å². The van der Waals surface area contributed by atoms with E-state index in [1.807, 2.05) is 37.3 Å². The Morgan fingerprint density at radius 1 is 1.13 bits per heavy atom. The zero-order valence-corrected chi connectivity index (χ0v) is 17.9. The Morgan fingerprint density at radius 2 is 1.81 bits per heavy atom. The number of hydrogen-bond donors (Lipinski definition) is 3. The lowest BCUT2D eigenvalue weighted by Crippen LogP contribution is -2.42. The van der Waals surface area contributed by atoms with E-state index in [-0.39, 0.29) is 30.5 Å². The summed E-state index contributed by atoms with van der Waals surface area (Å²) in [5.41, 5.74) is 6.58. The molecule has 1 aromatic heterocycles.